The molecule has 0 bridgehead atoms. The van der Waals surface area contributed by atoms with Crippen molar-refractivity contribution in [2.45, 2.75) is 0 Å². The van der Waals surface area contributed by atoms with Crippen LogP contribution in [0.3, 0.4) is 0 Å². The summed E-state index contributed by atoms with van der Waals surface area (Å²) in [6.07, 6.45) is 0. The molecule has 0 N–H and O–H groups in total. The van der Waals surface area contributed by atoms with Crippen LogP contribution in [-0.2, 0) is 0 Å². The van der Waals surface area contributed by atoms with Crippen LogP contribution in [0.4, 0.5) is 0 Å². The molecule has 0 heteroatoms. The van der Waals surface area contributed by atoms with E-state index in [-0.39, 0.29) is 0 Å². The summed E-state index contributed by atoms with van der Waals surface area (Å²) in [6.45, 7) is 0. The van der Waals surface area contributed by atoms with Crippen molar-refractivity contribution in [3.8, 4) is 89.0 Å². The van der Waals surface area contributed by atoms with E-state index in [1.54, 1.807) is 0 Å². The lowest BCUT2D eigenvalue weighted by Gasteiger charge is -2.23. The van der Waals surface area contributed by atoms with Crippen molar-refractivity contribution in [1.82, 2.24) is 0 Å². The normalized spacial score (nSPS) is 11.6. The van der Waals surface area contributed by atoms with E-state index >= 15 is 0 Å². The summed E-state index contributed by atoms with van der Waals surface area (Å²) in [5, 5.41) is 12.6. The first-order valence-corrected chi connectivity index (χ1v) is 25.0. The molecule has 0 saturated carbocycles. The van der Waals surface area contributed by atoms with Gasteiger partial charge in [0.05, 0.1) is 0 Å². The Kier molecular flexibility index (Phi) is 9.96. The van der Waals surface area contributed by atoms with Gasteiger partial charge < -0.3 is 0 Å². The lowest BCUT2D eigenvalue weighted by molar-refractivity contribution is 1.59. The molecule has 0 heterocycles. The zero-order valence-electron chi connectivity index (χ0n) is 39.6. The topological polar surface area (TPSA) is 0 Å². The van der Waals surface area contributed by atoms with E-state index in [2.05, 4.69) is 279 Å². The Labute approximate surface area is 419 Å². The van der Waals surface area contributed by atoms with Crippen LogP contribution < -0.4 is 0 Å². The van der Waals surface area contributed by atoms with Crippen LogP contribution in [0, 0.1) is 0 Å². The van der Waals surface area contributed by atoms with Crippen LogP contribution in [0.25, 0.3) is 143 Å². The fraction of sp³-hybridized carbons (Fsp3) is 0. The maximum atomic E-state index is 2.47. The van der Waals surface area contributed by atoms with Crippen molar-refractivity contribution in [3.63, 3.8) is 0 Å². The maximum absolute atomic E-state index is 2.47. The van der Waals surface area contributed by atoms with Crippen molar-refractivity contribution >= 4 is 53.9 Å². The van der Waals surface area contributed by atoms with E-state index in [1.807, 2.05) is 0 Å². The lowest BCUT2D eigenvalue weighted by atomic mass is 9.80. The van der Waals surface area contributed by atoms with Crippen molar-refractivity contribution in [1.29, 1.82) is 0 Å². The number of fused-ring (bicyclic) bond motifs is 2. The summed E-state index contributed by atoms with van der Waals surface area (Å²) in [7, 11) is 0. The van der Waals surface area contributed by atoms with E-state index in [0.29, 0.717) is 0 Å². The number of benzene rings is 14. The first-order valence-electron chi connectivity index (χ1n) is 25.0. The highest BCUT2D eigenvalue weighted by Crippen LogP contribution is 2.51. The Morgan fingerprint density at radius 1 is 0.139 bits per heavy atom. The third-order valence-corrected chi connectivity index (χ3v) is 15.1. The van der Waals surface area contributed by atoms with E-state index in [9.17, 15) is 0 Å². The molecule has 0 unspecified atom stereocenters. The molecule has 0 spiro atoms. The standard InChI is InChI=1S/C72H46/c1-3-17-47(18-4-1)59-27-11-13-29-61(59)69-45-67(53-37-33-51(34-38-53)57-31-15-23-49-21-7-9-25-55(49)57)63-42-44-66-70(62-30-14-12-28-60(62)48-19-5-2-6-20-48)46-68(64-41-43-65(69)71(63)72(64)66)54-39-35-52(36-40-54)58-32-16-24-50-22-8-10-26-56(50)58/h1-46H. The molecule has 14 aromatic carbocycles. The molecular formula is C72H46. The molecule has 0 amide bonds. The molecule has 0 aliphatic carbocycles. The van der Waals surface area contributed by atoms with Crippen molar-refractivity contribution < 1.29 is 0 Å². The zero-order chi connectivity index (χ0) is 47.5. The minimum atomic E-state index is 1.19. The molecule has 0 fully saturated rings. The second-order valence-electron chi connectivity index (χ2n) is 19.0. The number of hydrogen-bond acceptors (Lipinski definition) is 0. The van der Waals surface area contributed by atoms with E-state index in [4.69, 9.17) is 0 Å². The van der Waals surface area contributed by atoms with Crippen molar-refractivity contribution in [2.75, 3.05) is 0 Å². The first-order chi connectivity index (χ1) is 35.7. The monoisotopic (exact) mass is 910 g/mol. The van der Waals surface area contributed by atoms with Crippen LogP contribution in [0.2, 0.25) is 0 Å². The molecule has 14 rings (SSSR count). The second kappa shape index (κ2) is 17.2. The minimum absolute atomic E-state index is 1.19. The molecule has 0 atom stereocenters. The Morgan fingerprint density at radius 2 is 0.417 bits per heavy atom. The predicted octanol–water partition coefficient (Wildman–Crippen LogP) is 20.2. The molecule has 0 aromatic heterocycles. The van der Waals surface area contributed by atoms with Gasteiger partial charge in [-0.3, -0.25) is 0 Å². The predicted molar refractivity (Wildman–Crippen MR) is 309 cm³/mol. The van der Waals surface area contributed by atoms with Crippen molar-refractivity contribution in [3.05, 3.63) is 279 Å². The molecular weight excluding hydrogens is 865 g/mol. The molecule has 72 heavy (non-hydrogen) atoms. The van der Waals surface area contributed by atoms with Crippen molar-refractivity contribution in [2.24, 2.45) is 0 Å². The second-order valence-corrected chi connectivity index (χ2v) is 19.0. The third-order valence-electron chi connectivity index (χ3n) is 15.1. The molecule has 0 saturated heterocycles. The van der Waals surface area contributed by atoms with Gasteiger partial charge in [-0.1, -0.05) is 267 Å². The molecule has 0 aliphatic rings. The fourth-order valence-corrected chi connectivity index (χ4v) is 11.7. The quantitative estimate of drug-likeness (QED) is 0.133. The van der Waals surface area contributed by atoms with Gasteiger partial charge in [-0.2, -0.15) is 0 Å². The Hall–Kier alpha value is -9.36. The minimum Gasteiger partial charge on any atom is -0.0622 e. The van der Waals surface area contributed by atoms with Gasteiger partial charge in [0.25, 0.3) is 0 Å². The number of hydrogen-bond donors (Lipinski definition) is 0. The van der Waals surface area contributed by atoms with Gasteiger partial charge in [0.1, 0.15) is 0 Å². The molecule has 14 aromatic rings. The highest BCUT2D eigenvalue weighted by molar-refractivity contribution is 6.32. The van der Waals surface area contributed by atoms with Crippen LogP contribution in [0.15, 0.2) is 279 Å². The summed E-state index contributed by atoms with van der Waals surface area (Å²) in [5.41, 5.74) is 19.4. The van der Waals surface area contributed by atoms with Gasteiger partial charge in [0.15, 0.2) is 0 Å². The van der Waals surface area contributed by atoms with Gasteiger partial charge in [-0.15, -0.1) is 0 Å². The van der Waals surface area contributed by atoms with E-state index in [0.717, 1.165) is 0 Å². The van der Waals surface area contributed by atoms with Crippen LogP contribution in [0.5, 0.6) is 0 Å². The van der Waals surface area contributed by atoms with Gasteiger partial charge >= 0.3 is 0 Å². The van der Waals surface area contributed by atoms with Crippen LogP contribution in [-0.4, -0.2) is 0 Å². The van der Waals surface area contributed by atoms with Crippen LogP contribution >= 0.6 is 0 Å². The Bertz CT molecular complexity index is 4040. The Morgan fingerprint density at radius 3 is 0.819 bits per heavy atom. The van der Waals surface area contributed by atoms with E-state index < -0.39 is 0 Å². The number of rotatable bonds is 8. The highest BCUT2D eigenvalue weighted by atomic mass is 14.3. The molecule has 0 radical (unpaired) electrons. The average Bonchev–Trinajstić information content (AvgIpc) is 3.46. The summed E-state index contributed by atoms with van der Waals surface area (Å²) >= 11 is 0. The molecule has 0 nitrogen and oxygen atoms in total. The SMILES string of the molecule is c1ccc(-c2ccccc2-c2cc(-c3ccc(-c4cccc5ccccc45)cc3)c3ccc4c(-c5ccccc5-c5ccccc5)cc(-c5ccc(-c6cccc7ccccc67)cc5)c5ccc2c3c54)cc1. The largest absolute Gasteiger partial charge is 0.0622 e. The third kappa shape index (κ3) is 6.91. The van der Waals surface area contributed by atoms with E-state index in [1.165, 1.54) is 143 Å². The smallest absolute Gasteiger partial charge is 0.00139 e. The molecule has 0 aliphatic heterocycles. The van der Waals surface area contributed by atoms with Gasteiger partial charge in [-0.25, -0.2) is 0 Å². The van der Waals surface area contributed by atoms with Gasteiger partial charge in [-0.05, 0) is 155 Å². The molecule has 334 valence electrons. The lowest BCUT2D eigenvalue weighted by Crippen LogP contribution is -1.96. The fourth-order valence-electron chi connectivity index (χ4n) is 11.7. The zero-order valence-corrected chi connectivity index (χ0v) is 39.6. The highest BCUT2D eigenvalue weighted by Gasteiger charge is 2.23. The maximum Gasteiger partial charge on any atom is -0.00139 e. The summed E-state index contributed by atoms with van der Waals surface area (Å²) in [5.74, 6) is 0. The summed E-state index contributed by atoms with van der Waals surface area (Å²) in [4.78, 5) is 0. The summed E-state index contributed by atoms with van der Waals surface area (Å²) < 4.78 is 0. The average molecular weight is 911 g/mol. The van der Waals surface area contributed by atoms with Gasteiger partial charge in [0, 0.05) is 0 Å². The first kappa shape index (κ1) is 41.6. The summed E-state index contributed by atoms with van der Waals surface area (Å²) in [6, 6.07) is 103. The Balaban J connectivity index is 1.06. The van der Waals surface area contributed by atoms with Gasteiger partial charge in [0.2, 0.25) is 0 Å². The van der Waals surface area contributed by atoms with Crippen LogP contribution in [0.1, 0.15) is 0 Å².